The fourth-order valence-corrected chi connectivity index (χ4v) is 1.28. The van der Waals surface area contributed by atoms with Gasteiger partial charge < -0.3 is 4.74 Å². The van der Waals surface area contributed by atoms with Crippen molar-refractivity contribution >= 4 is 5.97 Å². The van der Waals surface area contributed by atoms with Gasteiger partial charge in [0.2, 0.25) is 0 Å². The van der Waals surface area contributed by atoms with E-state index in [9.17, 15) is 13.6 Å². The lowest BCUT2D eigenvalue weighted by Crippen LogP contribution is -2.17. The third-order valence-corrected chi connectivity index (χ3v) is 2.61. The van der Waals surface area contributed by atoms with Crippen molar-refractivity contribution in [3.8, 4) is 0 Å². The average Bonchev–Trinajstić information content (AvgIpc) is 2.37. The molecule has 0 saturated carbocycles. The fraction of sp³-hybridized carbons (Fsp3) is 0.357. The van der Waals surface area contributed by atoms with Crippen LogP contribution in [0.5, 0.6) is 0 Å². The molecule has 0 heterocycles. The van der Waals surface area contributed by atoms with Crippen molar-refractivity contribution < 1.29 is 18.3 Å². The molecule has 0 aromatic heterocycles. The smallest absolute Gasteiger partial charge is 0.336 e. The van der Waals surface area contributed by atoms with Crippen LogP contribution in [0.2, 0.25) is 0 Å². The molecule has 2 atom stereocenters. The molecular weight excluding hydrogens is 238 g/mol. The van der Waals surface area contributed by atoms with Gasteiger partial charge in [0.05, 0.1) is 11.7 Å². The van der Waals surface area contributed by atoms with Crippen molar-refractivity contribution in [2.45, 2.75) is 32.5 Å². The van der Waals surface area contributed by atoms with Crippen LogP contribution in [0.1, 0.15) is 32.0 Å². The first kappa shape index (κ1) is 14.4. The molecule has 0 radical (unpaired) electrons. The van der Waals surface area contributed by atoms with E-state index in [-0.39, 0.29) is 17.2 Å². The summed E-state index contributed by atoms with van der Waals surface area (Å²) in [6, 6.07) is 4.83. The average molecular weight is 254 g/mol. The second-order valence-corrected chi connectivity index (χ2v) is 4.06. The molecule has 0 aliphatic carbocycles. The highest BCUT2D eigenvalue weighted by molar-refractivity contribution is 5.89. The van der Waals surface area contributed by atoms with Crippen LogP contribution in [0.25, 0.3) is 0 Å². The van der Waals surface area contributed by atoms with Gasteiger partial charge in [-0.2, -0.15) is 0 Å². The van der Waals surface area contributed by atoms with E-state index in [1.165, 1.54) is 12.1 Å². The zero-order valence-electron chi connectivity index (χ0n) is 10.5. The van der Waals surface area contributed by atoms with Gasteiger partial charge in [-0.25, -0.2) is 13.6 Å². The van der Waals surface area contributed by atoms with Crippen LogP contribution in [0.4, 0.5) is 8.78 Å². The number of alkyl halides is 1. The maximum Gasteiger partial charge on any atom is 0.336 e. The van der Waals surface area contributed by atoms with E-state index < -0.39 is 18.0 Å². The first-order valence-electron chi connectivity index (χ1n) is 5.75. The molecule has 18 heavy (non-hydrogen) atoms. The SMILES string of the molecule is C=C(C(=O)OC(C)CC)C(F)c1ccc(F)cc1. The predicted molar refractivity (Wildman–Crippen MR) is 65.2 cm³/mol. The van der Waals surface area contributed by atoms with E-state index in [1.54, 1.807) is 6.92 Å². The van der Waals surface area contributed by atoms with Crippen LogP contribution in [0.15, 0.2) is 36.4 Å². The number of hydrogen-bond acceptors (Lipinski definition) is 2. The number of hydrogen-bond donors (Lipinski definition) is 0. The van der Waals surface area contributed by atoms with E-state index in [0.717, 1.165) is 12.1 Å². The minimum Gasteiger partial charge on any atom is -0.459 e. The van der Waals surface area contributed by atoms with E-state index in [4.69, 9.17) is 4.74 Å². The Morgan fingerprint density at radius 3 is 2.44 bits per heavy atom. The lowest BCUT2D eigenvalue weighted by atomic mass is 10.0. The molecule has 0 saturated heterocycles. The highest BCUT2D eigenvalue weighted by Gasteiger charge is 2.22. The molecule has 0 aliphatic heterocycles. The van der Waals surface area contributed by atoms with Crippen LogP contribution < -0.4 is 0 Å². The second-order valence-electron chi connectivity index (χ2n) is 4.06. The van der Waals surface area contributed by atoms with Crippen molar-refractivity contribution in [1.82, 2.24) is 0 Å². The molecule has 0 amide bonds. The van der Waals surface area contributed by atoms with E-state index in [0.29, 0.717) is 6.42 Å². The lowest BCUT2D eigenvalue weighted by Gasteiger charge is -2.15. The lowest BCUT2D eigenvalue weighted by molar-refractivity contribution is -0.144. The molecule has 2 unspecified atom stereocenters. The zero-order valence-corrected chi connectivity index (χ0v) is 10.5. The van der Waals surface area contributed by atoms with Crippen LogP contribution in [-0.4, -0.2) is 12.1 Å². The first-order chi connectivity index (χ1) is 8.45. The third kappa shape index (κ3) is 3.65. The van der Waals surface area contributed by atoms with Crippen molar-refractivity contribution in [2.75, 3.05) is 0 Å². The maximum atomic E-state index is 13.9. The van der Waals surface area contributed by atoms with Crippen LogP contribution in [0.3, 0.4) is 0 Å². The van der Waals surface area contributed by atoms with Gasteiger partial charge in [-0.15, -0.1) is 0 Å². The number of esters is 1. The molecule has 4 heteroatoms. The Bertz CT molecular complexity index is 426. The van der Waals surface area contributed by atoms with Gasteiger partial charge >= 0.3 is 5.97 Å². The largest absolute Gasteiger partial charge is 0.459 e. The Balaban J connectivity index is 2.71. The summed E-state index contributed by atoms with van der Waals surface area (Å²) in [5, 5.41) is 0. The van der Waals surface area contributed by atoms with Crippen molar-refractivity contribution in [3.63, 3.8) is 0 Å². The minimum atomic E-state index is -1.68. The number of benzene rings is 1. The molecule has 0 bridgehead atoms. The number of ether oxygens (including phenoxy) is 1. The Hall–Kier alpha value is -1.71. The zero-order chi connectivity index (χ0) is 13.7. The highest BCUT2D eigenvalue weighted by atomic mass is 19.1. The van der Waals surface area contributed by atoms with Gasteiger partial charge in [0.25, 0.3) is 0 Å². The Labute approximate surface area is 105 Å². The molecule has 2 nitrogen and oxygen atoms in total. The topological polar surface area (TPSA) is 26.3 Å². The van der Waals surface area contributed by atoms with Crippen molar-refractivity contribution in [2.24, 2.45) is 0 Å². The maximum absolute atomic E-state index is 13.9. The summed E-state index contributed by atoms with van der Waals surface area (Å²) in [4.78, 5) is 11.6. The van der Waals surface area contributed by atoms with Crippen molar-refractivity contribution in [3.05, 3.63) is 47.8 Å². The molecule has 1 aromatic rings. The van der Waals surface area contributed by atoms with Gasteiger partial charge in [0.1, 0.15) is 5.82 Å². The summed E-state index contributed by atoms with van der Waals surface area (Å²) in [5.41, 5.74) is -0.0931. The summed E-state index contributed by atoms with van der Waals surface area (Å²) in [7, 11) is 0. The van der Waals surface area contributed by atoms with Gasteiger partial charge in [0.15, 0.2) is 6.17 Å². The number of rotatable bonds is 5. The molecule has 1 aromatic carbocycles. The summed E-state index contributed by atoms with van der Waals surface area (Å²) in [6.07, 6.45) is -1.32. The normalized spacial score (nSPS) is 13.8. The minimum absolute atomic E-state index is 0.183. The van der Waals surface area contributed by atoms with Gasteiger partial charge in [-0.1, -0.05) is 25.6 Å². The predicted octanol–water partition coefficient (Wildman–Crippen LogP) is 3.73. The molecule has 0 fully saturated rings. The molecular formula is C14H16F2O2. The fourth-order valence-electron chi connectivity index (χ4n) is 1.28. The Morgan fingerprint density at radius 1 is 1.39 bits per heavy atom. The summed E-state index contributed by atoms with van der Waals surface area (Å²) < 4.78 is 31.6. The summed E-state index contributed by atoms with van der Waals surface area (Å²) >= 11 is 0. The van der Waals surface area contributed by atoms with Gasteiger partial charge in [-0.05, 0) is 31.0 Å². The Kier molecular flexibility index (Phi) is 5.01. The van der Waals surface area contributed by atoms with Crippen LogP contribution in [-0.2, 0) is 9.53 Å². The number of halogens is 2. The summed E-state index contributed by atoms with van der Waals surface area (Å²) in [5.74, 6) is -1.22. The van der Waals surface area contributed by atoms with Crippen LogP contribution >= 0.6 is 0 Å². The van der Waals surface area contributed by atoms with Crippen molar-refractivity contribution in [1.29, 1.82) is 0 Å². The molecule has 0 N–H and O–H groups in total. The third-order valence-electron chi connectivity index (χ3n) is 2.61. The van der Waals surface area contributed by atoms with Gasteiger partial charge in [0, 0.05) is 0 Å². The highest BCUT2D eigenvalue weighted by Crippen LogP contribution is 2.26. The molecule has 0 aliphatic rings. The standard InChI is InChI=1S/C14H16F2O2/c1-4-9(2)18-14(17)10(3)13(16)11-5-7-12(15)8-6-11/h5-9,13H,3-4H2,1-2H3. The van der Waals surface area contributed by atoms with E-state index >= 15 is 0 Å². The number of carbonyl (C=O) groups is 1. The van der Waals surface area contributed by atoms with Crippen LogP contribution in [0, 0.1) is 5.82 Å². The van der Waals surface area contributed by atoms with E-state index in [1.807, 2.05) is 6.92 Å². The first-order valence-corrected chi connectivity index (χ1v) is 5.75. The second kappa shape index (κ2) is 6.28. The van der Waals surface area contributed by atoms with E-state index in [2.05, 4.69) is 6.58 Å². The molecule has 0 spiro atoms. The Morgan fingerprint density at radius 2 is 1.94 bits per heavy atom. The van der Waals surface area contributed by atoms with Gasteiger partial charge in [-0.3, -0.25) is 0 Å². The summed E-state index contributed by atoms with van der Waals surface area (Å²) in [6.45, 7) is 6.97. The quantitative estimate of drug-likeness (QED) is 0.591. The molecule has 1 rings (SSSR count). The number of carbonyl (C=O) groups excluding carboxylic acids is 1. The monoisotopic (exact) mass is 254 g/mol. The molecule has 98 valence electrons.